The van der Waals surface area contributed by atoms with Gasteiger partial charge in [0.15, 0.2) is 0 Å². The van der Waals surface area contributed by atoms with E-state index in [1.165, 1.54) is 12.1 Å². The second-order valence-corrected chi connectivity index (χ2v) is 4.12. The molecule has 0 heterocycles. The predicted molar refractivity (Wildman–Crippen MR) is 75.3 cm³/mol. The molecule has 7 N–H and O–H groups in total. The van der Waals surface area contributed by atoms with Crippen molar-refractivity contribution in [3.8, 4) is 5.75 Å². The van der Waals surface area contributed by atoms with Crippen LogP contribution in [0.15, 0.2) is 24.3 Å². The second kappa shape index (κ2) is 9.32. The number of nitrogens with two attached hydrogens (primary N) is 2. The minimum atomic E-state index is -0.833. The van der Waals surface area contributed by atoms with Gasteiger partial charge in [-0.05, 0) is 17.7 Å². The van der Waals surface area contributed by atoms with Gasteiger partial charge < -0.3 is 27.0 Å². The highest BCUT2D eigenvalue weighted by Crippen LogP contribution is 2.11. The van der Waals surface area contributed by atoms with E-state index in [-0.39, 0.29) is 18.7 Å². The quantitative estimate of drug-likeness (QED) is 0.467. The summed E-state index contributed by atoms with van der Waals surface area (Å²) in [7, 11) is 0. The van der Waals surface area contributed by atoms with Crippen LogP contribution in [0.2, 0.25) is 0 Å². The van der Waals surface area contributed by atoms with Crippen LogP contribution in [0.3, 0.4) is 0 Å². The summed E-state index contributed by atoms with van der Waals surface area (Å²) in [6.07, 6.45) is 0.265. The fourth-order valence-electron chi connectivity index (χ4n) is 1.34. The standard InChI is InChI=1S/C11H15N3O3.C2H4O2/c12-6-10(16)14-9(11(13)17)5-7-1-3-8(15)4-2-7;1-2(3)4/h1-4,9,15H,5-6,12H2,(H2,13,17)(H,14,16);1H3,(H,3,4)/t9-;/m0./s1. The molecule has 0 radical (unpaired) electrons. The summed E-state index contributed by atoms with van der Waals surface area (Å²) < 4.78 is 0. The third-order valence-corrected chi connectivity index (χ3v) is 2.24. The van der Waals surface area contributed by atoms with Gasteiger partial charge in [0.2, 0.25) is 11.8 Å². The lowest BCUT2D eigenvalue weighted by Gasteiger charge is -2.14. The molecular formula is C13H19N3O5. The first-order chi connectivity index (χ1) is 9.76. The van der Waals surface area contributed by atoms with Crippen LogP contribution < -0.4 is 16.8 Å². The molecular weight excluding hydrogens is 278 g/mol. The van der Waals surface area contributed by atoms with E-state index < -0.39 is 23.8 Å². The Bertz CT molecular complexity index is 483. The van der Waals surface area contributed by atoms with Gasteiger partial charge in [-0.3, -0.25) is 14.4 Å². The lowest BCUT2D eigenvalue weighted by molar-refractivity contribution is -0.134. The fourth-order valence-corrected chi connectivity index (χ4v) is 1.34. The Balaban J connectivity index is 0.000000885. The molecule has 2 amide bonds. The van der Waals surface area contributed by atoms with Gasteiger partial charge in [-0.15, -0.1) is 0 Å². The number of rotatable bonds is 5. The van der Waals surface area contributed by atoms with E-state index in [1.807, 2.05) is 0 Å². The summed E-state index contributed by atoms with van der Waals surface area (Å²) in [5.74, 6) is -1.76. The molecule has 8 nitrogen and oxygen atoms in total. The Hall–Kier alpha value is -2.61. The molecule has 0 fully saturated rings. The van der Waals surface area contributed by atoms with Crippen LogP contribution in [0.25, 0.3) is 0 Å². The number of benzene rings is 1. The number of carbonyl (C=O) groups excluding carboxylic acids is 2. The van der Waals surface area contributed by atoms with Crippen molar-refractivity contribution in [2.45, 2.75) is 19.4 Å². The number of phenols is 1. The third kappa shape index (κ3) is 9.00. The number of aliphatic carboxylic acids is 1. The summed E-state index contributed by atoms with van der Waals surface area (Å²) in [6, 6.07) is 5.51. The van der Waals surface area contributed by atoms with Gasteiger partial charge in [0.1, 0.15) is 11.8 Å². The van der Waals surface area contributed by atoms with E-state index in [1.54, 1.807) is 12.1 Å². The van der Waals surface area contributed by atoms with Crippen molar-refractivity contribution in [3.05, 3.63) is 29.8 Å². The van der Waals surface area contributed by atoms with Crippen LogP contribution in [0.1, 0.15) is 12.5 Å². The molecule has 0 spiro atoms. The molecule has 21 heavy (non-hydrogen) atoms. The third-order valence-electron chi connectivity index (χ3n) is 2.24. The monoisotopic (exact) mass is 297 g/mol. The highest BCUT2D eigenvalue weighted by atomic mass is 16.4. The predicted octanol–water partition coefficient (Wildman–Crippen LogP) is -1.05. The molecule has 0 bridgehead atoms. The van der Waals surface area contributed by atoms with E-state index in [0.29, 0.717) is 0 Å². The Labute approximate surface area is 121 Å². The normalized spacial score (nSPS) is 10.8. The van der Waals surface area contributed by atoms with Crippen molar-refractivity contribution in [3.63, 3.8) is 0 Å². The molecule has 1 rings (SSSR count). The molecule has 0 aromatic heterocycles. The summed E-state index contributed by atoms with van der Waals surface area (Å²) in [5.41, 5.74) is 11.1. The number of carbonyl (C=O) groups is 3. The summed E-state index contributed by atoms with van der Waals surface area (Å²) in [5, 5.41) is 19.0. The lowest BCUT2D eigenvalue weighted by atomic mass is 10.1. The number of nitrogens with one attached hydrogen (secondary N) is 1. The maximum atomic E-state index is 11.1. The number of phenolic OH excluding ortho intramolecular Hbond substituents is 1. The molecule has 0 aliphatic heterocycles. The Morgan fingerprint density at radius 1 is 1.24 bits per heavy atom. The molecule has 116 valence electrons. The molecule has 0 saturated carbocycles. The van der Waals surface area contributed by atoms with Crippen LogP contribution in [0, 0.1) is 0 Å². The zero-order valence-electron chi connectivity index (χ0n) is 11.6. The molecule has 0 aliphatic carbocycles. The first-order valence-corrected chi connectivity index (χ1v) is 6.02. The number of hydrogen-bond donors (Lipinski definition) is 5. The molecule has 1 aromatic carbocycles. The van der Waals surface area contributed by atoms with Crippen LogP contribution >= 0.6 is 0 Å². The number of carboxylic acid groups (broad SMARTS) is 1. The van der Waals surface area contributed by atoms with Crippen molar-refractivity contribution in [1.29, 1.82) is 0 Å². The van der Waals surface area contributed by atoms with E-state index in [2.05, 4.69) is 5.32 Å². The highest BCUT2D eigenvalue weighted by molar-refractivity contribution is 5.87. The average molecular weight is 297 g/mol. The van der Waals surface area contributed by atoms with E-state index in [4.69, 9.17) is 26.5 Å². The van der Waals surface area contributed by atoms with Gasteiger partial charge in [-0.2, -0.15) is 0 Å². The number of amides is 2. The van der Waals surface area contributed by atoms with Crippen LogP contribution in [-0.4, -0.2) is 40.6 Å². The number of primary amides is 1. The van der Waals surface area contributed by atoms with Gasteiger partial charge in [0.25, 0.3) is 5.97 Å². The average Bonchev–Trinajstić information content (AvgIpc) is 2.39. The summed E-state index contributed by atoms with van der Waals surface area (Å²) in [4.78, 5) is 31.2. The van der Waals surface area contributed by atoms with Crippen molar-refractivity contribution in [1.82, 2.24) is 5.32 Å². The molecule has 1 aromatic rings. The maximum Gasteiger partial charge on any atom is 0.300 e. The molecule has 8 heteroatoms. The van der Waals surface area contributed by atoms with Gasteiger partial charge >= 0.3 is 0 Å². The van der Waals surface area contributed by atoms with Crippen molar-refractivity contribution < 1.29 is 24.6 Å². The van der Waals surface area contributed by atoms with Gasteiger partial charge in [0, 0.05) is 13.3 Å². The highest BCUT2D eigenvalue weighted by Gasteiger charge is 2.17. The minimum absolute atomic E-state index is 0.135. The zero-order chi connectivity index (χ0) is 16.4. The van der Waals surface area contributed by atoms with E-state index >= 15 is 0 Å². The Kier molecular flexibility index (Phi) is 8.16. The topological polar surface area (TPSA) is 156 Å². The van der Waals surface area contributed by atoms with E-state index in [0.717, 1.165) is 12.5 Å². The Morgan fingerprint density at radius 2 is 1.71 bits per heavy atom. The van der Waals surface area contributed by atoms with Crippen LogP contribution in [-0.2, 0) is 20.8 Å². The first-order valence-electron chi connectivity index (χ1n) is 6.02. The van der Waals surface area contributed by atoms with Crippen LogP contribution in [0.4, 0.5) is 0 Å². The molecule has 0 unspecified atom stereocenters. The molecule has 0 saturated heterocycles. The zero-order valence-corrected chi connectivity index (χ0v) is 11.6. The second-order valence-electron chi connectivity index (χ2n) is 4.12. The van der Waals surface area contributed by atoms with Gasteiger partial charge in [0.05, 0.1) is 6.54 Å². The van der Waals surface area contributed by atoms with Crippen molar-refractivity contribution in [2.24, 2.45) is 11.5 Å². The minimum Gasteiger partial charge on any atom is -0.508 e. The van der Waals surface area contributed by atoms with Gasteiger partial charge in [-0.1, -0.05) is 12.1 Å². The Morgan fingerprint density at radius 3 is 2.10 bits per heavy atom. The lowest BCUT2D eigenvalue weighted by Crippen LogP contribution is -2.47. The summed E-state index contributed by atoms with van der Waals surface area (Å²) >= 11 is 0. The molecule has 1 atom stereocenters. The smallest absolute Gasteiger partial charge is 0.300 e. The van der Waals surface area contributed by atoms with Gasteiger partial charge in [-0.25, -0.2) is 0 Å². The summed E-state index contributed by atoms with van der Waals surface area (Å²) in [6.45, 7) is 0.888. The maximum absolute atomic E-state index is 11.1. The van der Waals surface area contributed by atoms with Crippen molar-refractivity contribution in [2.75, 3.05) is 6.54 Å². The number of aromatic hydroxyl groups is 1. The number of hydrogen-bond acceptors (Lipinski definition) is 5. The van der Waals surface area contributed by atoms with Crippen LogP contribution in [0.5, 0.6) is 5.75 Å². The number of carboxylic acids is 1. The molecule has 0 aliphatic rings. The largest absolute Gasteiger partial charge is 0.508 e. The fraction of sp³-hybridized carbons (Fsp3) is 0.308. The first kappa shape index (κ1) is 18.4. The van der Waals surface area contributed by atoms with Crippen molar-refractivity contribution >= 4 is 17.8 Å². The van der Waals surface area contributed by atoms with E-state index in [9.17, 15) is 9.59 Å². The SMILES string of the molecule is CC(=O)O.NCC(=O)N[C@@H](Cc1ccc(O)cc1)C(N)=O.